The zero-order valence-electron chi connectivity index (χ0n) is 14.3. The Balaban J connectivity index is 2.90. The molecule has 21 heavy (non-hydrogen) atoms. The average Bonchev–Trinajstić information content (AvgIpc) is 2.50. The molecule has 2 nitrogen and oxygen atoms in total. The minimum Gasteiger partial charge on any atom is -0.394 e. The van der Waals surface area contributed by atoms with Gasteiger partial charge in [0, 0.05) is 5.75 Å². The van der Waals surface area contributed by atoms with Crippen LogP contribution in [-0.4, -0.2) is 36.4 Å². The molecule has 3 heteroatoms. The van der Waals surface area contributed by atoms with Crippen molar-refractivity contribution in [3.63, 3.8) is 0 Å². The molecule has 0 saturated heterocycles. The first-order valence-electron chi connectivity index (χ1n) is 9.18. The lowest BCUT2D eigenvalue weighted by Crippen LogP contribution is -2.02. The Kier molecular flexibility index (Phi) is 20.5. The highest BCUT2D eigenvalue weighted by atomic mass is 32.2. The Labute approximate surface area is 137 Å². The molecule has 0 heterocycles. The number of aliphatic hydroxyl groups is 1. The van der Waals surface area contributed by atoms with Crippen LogP contribution in [0.4, 0.5) is 0 Å². The molecule has 0 aliphatic rings. The number of ether oxygens (including phenoxy) is 1. The second-order valence-electron chi connectivity index (χ2n) is 5.84. The number of hydrogen-bond acceptors (Lipinski definition) is 3. The lowest BCUT2D eigenvalue weighted by atomic mass is 10.1. The van der Waals surface area contributed by atoms with E-state index in [1.807, 2.05) is 11.8 Å². The van der Waals surface area contributed by atoms with E-state index in [0.29, 0.717) is 6.61 Å². The molecule has 128 valence electrons. The van der Waals surface area contributed by atoms with Gasteiger partial charge in [-0.2, -0.15) is 11.8 Å². The molecule has 0 rings (SSSR count). The second-order valence-corrected chi connectivity index (χ2v) is 7.06. The van der Waals surface area contributed by atoms with Gasteiger partial charge in [-0.05, 0) is 12.2 Å². The molecule has 0 unspecified atom stereocenters. The van der Waals surface area contributed by atoms with Crippen LogP contribution in [0, 0.1) is 0 Å². The van der Waals surface area contributed by atoms with Gasteiger partial charge in [0.25, 0.3) is 0 Å². The van der Waals surface area contributed by atoms with Crippen molar-refractivity contribution < 1.29 is 9.84 Å². The molecule has 0 atom stereocenters. The van der Waals surface area contributed by atoms with Gasteiger partial charge in [-0.25, -0.2) is 0 Å². The summed E-state index contributed by atoms with van der Waals surface area (Å²) in [5, 5.41) is 8.56. The normalized spacial score (nSPS) is 11.1. The first kappa shape index (κ1) is 21.3. The molecule has 0 aromatic carbocycles. The Hall–Kier alpha value is 0.270. The van der Waals surface area contributed by atoms with Crippen molar-refractivity contribution in [3.05, 3.63) is 0 Å². The fraction of sp³-hybridized carbons (Fsp3) is 1.00. The highest BCUT2D eigenvalue weighted by Gasteiger charge is 1.94. The third kappa shape index (κ3) is 20.3. The van der Waals surface area contributed by atoms with Crippen molar-refractivity contribution in [2.24, 2.45) is 0 Å². The predicted molar refractivity (Wildman–Crippen MR) is 96.3 cm³/mol. The van der Waals surface area contributed by atoms with Gasteiger partial charge >= 0.3 is 0 Å². The van der Waals surface area contributed by atoms with Crippen LogP contribution in [-0.2, 0) is 4.74 Å². The summed E-state index contributed by atoms with van der Waals surface area (Å²) < 4.78 is 5.23. The van der Waals surface area contributed by atoms with Crippen molar-refractivity contribution in [2.75, 3.05) is 31.3 Å². The first-order chi connectivity index (χ1) is 10.4. The van der Waals surface area contributed by atoms with Gasteiger partial charge in [0.1, 0.15) is 0 Å². The molecular formula is C18H38O2S. The van der Waals surface area contributed by atoms with E-state index in [2.05, 4.69) is 6.92 Å². The fourth-order valence-electron chi connectivity index (χ4n) is 2.43. The maximum absolute atomic E-state index is 8.56. The van der Waals surface area contributed by atoms with Gasteiger partial charge in [0.2, 0.25) is 0 Å². The molecule has 0 aromatic heterocycles. The minimum absolute atomic E-state index is 0.142. The first-order valence-corrected chi connectivity index (χ1v) is 10.3. The van der Waals surface area contributed by atoms with Crippen LogP contribution in [0.3, 0.4) is 0 Å². The molecule has 0 amide bonds. The molecule has 0 aromatic rings. The van der Waals surface area contributed by atoms with E-state index >= 15 is 0 Å². The summed E-state index contributed by atoms with van der Waals surface area (Å²) in [5.41, 5.74) is 0. The topological polar surface area (TPSA) is 29.5 Å². The molecular weight excluding hydrogens is 280 g/mol. The van der Waals surface area contributed by atoms with Crippen LogP contribution in [0.15, 0.2) is 0 Å². The minimum atomic E-state index is 0.142. The van der Waals surface area contributed by atoms with Crippen LogP contribution < -0.4 is 0 Å². The van der Waals surface area contributed by atoms with Crippen LogP contribution in [0.25, 0.3) is 0 Å². The van der Waals surface area contributed by atoms with Crippen LogP contribution in [0.1, 0.15) is 84.0 Å². The van der Waals surface area contributed by atoms with Crippen LogP contribution >= 0.6 is 11.8 Å². The zero-order valence-corrected chi connectivity index (χ0v) is 15.1. The van der Waals surface area contributed by atoms with E-state index in [1.54, 1.807) is 0 Å². The van der Waals surface area contributed by atoms with Crippen LogP contribution in [0.2, 0.25) is 0 Å². The summed E-state index contributed by atoms with van der Waals surface area (Å²) in [4.78, 5) is 0. The molecule has 0 saturated carbocycles. The van der Waals surface area contributed by atoms with Crippen LogP contribution in [0.5, 0.6) is 0 Å². The number of unbranched alkanes of at least 4 members (excludes halogenated alkanes) is 11. The molecule has 0 radical (unpaired) electrons. The van der Waals surface area contributed by atoms with Crippen molar-refractivity contribution in [3.8, 4) is 0 Å². The number of hydrogen-bond donors (Lipinski definition) is 1. The third-order valence-corrected chi connectivity index (χ3v) is 4.78. The van der Waals surface area contributed by atoms with E-state index in [0.717, 1.165) is 12.4 Å². The molecule has 0 fully saturated rings. The summed E-state index contributed by atoms with van der Waals surface area (Å²) in [5.74, 6) is 2.33. The standard InChI is InChI=1S/C18H38O2S/c1-2-3-4-5-6-7-8-9-10-11-12-13-17-21-18-16-20-15-14-19/h19H,2-18H2,1H3. The molecule has 0 aliphatic carbocycles. The molecule has 1 N–H and O–H groups in total. The average molecular weight is 319 g/mol. The van der Waals surface area contributed by atoms with Gasteiger partial charge < -0.3 is 9.84 Å². The van der Waals surface area contributed by atoms with E-state index in [9.17, 15) is 0 Å². The van der Waals surface area contributed by atoms with Gasteiger partial charge in [0.15, 0.2) is 0 Å². The van der Waals surface area contributed by atoms with Crippen molar-refractivity contribution in [1.82, 2.24) is 0 Å². The predicted octanol–water partition coefficient (Wildman–Crippen LogP) is 5.43. The van der Waals surface area contributed by atoms with E-state index in [-0.39, 0.29) is 6.61 Å². The summed E-state index contributed by atoms with van der Waals surface area (Å²) in [6.07, 6.45) is 17.0. The number of aliphatic hydroxyl groups excluding tert-OH is 1. The lowest BCUT2D eigenvalue weighted by Gasteiger charge is -2.04. The molecule has 0 spiro atoms. The summed E-state index contributed by atoms with van der Waals surface area (Å²) in [7, 11) is 0. The fourth-order valence-corrected chi connectivity index (χ4v) is 3.28. The third-order valence-electron chi connectivity index (χ3n) is 3.75. The Morgan fingerprint density at radius 1 is 0.667 bits per heavy atom. The molecule has 0 bridgehead atoms. The highest BCUT2D eigenvalue weighted by molar-refractivity contribution is 7.99. The van der Waals surface area contributed by atoms with Crippen molar-refractivity contribution in [1.29, 1.82) is 0 Å². The lowest BCUT2D eigenvalue weighted by molar-refractivity contribution is 0.103. The van der Waals surface area contributed by atoms with Crippen molar-refractivity contribution >= 4 is 11.8 Å². The van der Waals surface area contributed by atoms with E-state index < -0.39 is 0 Å². The smallest absolute Gasteiger partial charge is 0.0698 e. The maximum Gasteiger partial charge on any atom is 0.0698 e. The van der Waals surface area contributed by atoms with Gasteiger partial charge in [0.05, 0.1) is 19.8 Å². The second kappa shape index (κ2) is 20.3. The van der Waals surface area contributed by atoms with E-state index in [4.69, 9.17) is 9.84 Å². The number of thioether (sulfide) groups is 1. The Morgan fingerprint density at radius 2 is 1.19 bits per heavy atom. The van der Waals surface area contributed by atoms with Crippen molar-refractivity contribution in [2.45, 2.75) is 84.0 Å². The maximum atomic E-state index is 8.56. The summed E-state index contributed by atoms with van der Waals surface area (Å²) in [6, 6.07) is 0. The number of rotatable bonds is 18. The Morgan fingerprint density at radius 3 is 1.71 bits per heavy atom. The monoisotopic (exact) mass is 318 g/mol. The van der Waals surface area contributed by atoms with Gasteiger partial charge in [-0.15, -0.1) is 0 Å². The molecule has 0 aliphatic heterocycles. The van der Waals surface area contributed by atoms with Gasteiger partial charge in [-0.1, -0.05) is 77.6 Å². The summed E-state index contributed by atoms with van der Waals surface area (Å²) >= 11 is 1.98. The summed E-state index contributed by atoms with van der Waals surface area (Å²) in [6.45, 7) is 3.69. The Bertz CT molecular complexity index is 159. The van der Waals surface area contributed by atoms with Gasteiger partial charge in [-0.3, -0.25) is 0 Å². The zero-order chi connectivity index (χ0) is 15.4. The highest BCUT2D eigenvalue weighted by Crippen LogP contribution is 2.13. The quantitative estimate of drug-likeness (QED) is 0.342. The largest absolute Gasteiger partial charge is 0.394 e. The van der Waals surface area contributed by atoms with E-state index in [1.165, 1.54) is 82.8 Å². The SMILES string of the molecule is CCCCCCCCCCCCCCSCCOCCO.